The van der Waals surface area contributed by atoms with E-state index in [0.717, 1.165) is 18.1 Å². The van der Waals surface area contributed by atoms with Crippen molar-refractivity contribution >= 4 is 47.4 Å². The van der Waals surface area contributed by atoms with Crippen LogP contribution < -0.4 is 20.1 Å². The molecule has 2 rings (SSSR count). The van der Waals surface area contributed by atoms with Crippen LogP contribution in [0, 0.1) is 0 Å². The Morgan fingerprint density at radius 1 is 1.41 bits per heavy atom. The Hall–Kier alpha value is -0.820. The van der Waals surface area contributed by atoms with Gasteiger partial charge in [-0.15, -0.1) is 12.4 Å². The first-order chi connectivity index (χ1) is 10.1. The number of carbonyl (C=O) groups excluding carboxylic acids is 1. The Morgan fingerprint density at radius 3 is 2.73 bits per heavy atom. The summed E-state index contributed by atoms with van der Waals surface area (Å²) in [6.45, 7) is 0.945. The van der Waals surface area contributed by atoms with E-state index in [-0.39, 0.29) is 24.4 Å². The number of halogens is 2. The molecule has 8 heteroatoms. The maximum Gasteiger partial charge on any atom is 0.226 e. The van der Waals surface area contributed by atoms with E-state index in [2.05, 4.69) is 10.6 Å². The number of benzene rings is 1. The van der Waals surface area contributed by atoms with Crippen molar-refractivity contribution in [1.82, 2.24) is 5.32 Å². The first kappa shape index (κ1) is 19.2. The highest BCUT2D eigenvalue weighted by Crippen LogP contribution is 2.35. The summed E-state index contributed by atoms with van der Waals surface area (Å²) >= 11 is 7.90. The minimum atomic E-state index is -0.0577. The third-order valence-corrected chi connectivity index (χ3v) is 4.60. The summed E-state index contributed by atoms with van der Waals surface area (Å²) in [5.74, 6) is 3.01. The lowest BCUT2D eigenvalue weighted by Gasteiger charge is -2.22. The predicted octanol–water partition coefficient (Wildman–Crippen LogP) is 2.81. The zero-order chi connectivity index (χ0) is 15.2. The molecule has 1 aromatic rings. The molecule has 1 aliphatic heterocycles. The molecular weight excluding hydrogens is 347 g/mol. The van der Waals surface area contributed by atoms with E-state index in [9.17, 15) is 4.79 Å². The van der Waals surface area contributed by atoms with Gasteiger partial charge in [-0.1, -0.05) is 11.6 Å². The zero-order valence-electron chi connectivity index (χ0n) is 12.5. The third-order valence-electron chi connectivity index (χ3n) is 3.18. The van der Waals surface area contributed by atoms with Gasteiger partial charge in [0.25, 0.3) is 0 Å². The standard InChI is InChI=1S/C14H19ClN2O3S.ClH/c1-19-12-7-11(13(20-2)6-10(12)15)17-14(18)5-9-8-21-4-3-16-9;/h6-7,9,16H,3-5,8H2,1-2H3,(H,17,18);1H. The van der Waals surface area contributed by atoms with E-state index in [4.69, 9.17) is 21.1 Å². The number of rotatable bonds is 5. The predicted molar refractivity (Wildman–Crippen MR) is 94.2 cm³/mol. The SMILES string of the molecule is COc1cc(NC(=O)CC2CSCCN2)c(OC)cc1Cl.Cl. The number of amides is 1. The third kappa shape index (κ3) is 5.12. The molecule has 0 saturated carbocycles. The molecule has 0 aromatic heterocycles. The highest BCUT2D eigenvalue weighted by atomic mass is 35.5. The van der Waals surface area contributed by atoms with E-state index in [0.29, 0.717) is 28.6 Å². The van der Waals surface area contributed by atoms with E-state index in [1.54, 1.807) is 12.1 Å². The van der Waals surface area contributed by atoms with Gasteiger partial charge in [-0.2, -0.15) is 11.8 Å². The number of ether oxygens (including phenoxy) is 2. The Morgan fingerprint density at radius 2 is 2.14 bits per heavy atom. The van der Waals surface area contributed by atoms with E-state index >= 15 is 0 Å². The van der Waals surface area contributed by atoms with Gasteiger partial charge in [0.2, 0.25) is 5.91 Å². The molecule has 1 saturated heterocycles. The van der Waals surface area contributed by atoms with Crippen LogP contribution >= 0.6 is 35.8 Å². The van der Waals surface area contributed by atoms with Crippen LogP contribution in [0.2, 0.25) is 5.02 Å². The first-order valence-electron chi connectivity index (χ1n) is 6.66. The van der Waals surface area contributed by atoms with E-state index < -0.39 is 0 Å². The van der Waals surface area contributed by atoms with Crippen molar-refractivity contribution in [2.75, 3.05) is 37.6 Å². The Bertz CT molecular complexity index is 511. The van der Waals surface area contributed by atoms with E-state index in [1.165, 1.54) is 14.2 Å². The molecule has 1 amide bonds. The number of carbonyl (C=O) groups is 1. The Kier molecular flexibility index (Phi) is 8.17. The van der Waals surface area contributed by atoms with Gasteiger partial charge in [-0.3, -0.25) is 4.79 Å². The van der Waals surface area contributed by atoms with Crippen LogP contribution in [-0.4, -0.2) is 44.2 Å². The zero-order valence-corrected chi connectivity index (χ0v) is 14.9. The number of nitrogens with one attached hydrogen (secondary N) is 2. The molecule has 124 valence electrons. The summed E-state index contributed by atoms with van der Waals surface area (Å²) in [5, 5.41) is 6.64. The Balaban J connectivity index is 0.00000242. The highest BCUT2D eigenvalue weighted by molar-refractivity contribution is 7.99. The smallest absolute Gasteiger partial charge is 0.226 e. The van der Waals surface area contributed by atoms with Crippen molar-refractivity contribution in [3.05, 3.63) is 17.2 Å². The number of anilines is 1. The molecule has 0 bridgehead atoms. The van der Waals surface area contributed by atoms with Gasteiger partial charge in [0.1, 0.15) is 11.5 Å². The molecule has 1 unspecified atom stereocenters. The van der Waals surface area contributed by atoms with Gasteiger partial charge in [-0.05, 0) is 0 Å². The Labute approximate surface area is 145 Å². The molecule has 5 nitrogen and oxygen atoms in total. The van der Waals surface area contributed by atoms with Crippen LogP contribution in [0.1, 0.15) is 6.42 Å². The van der Waals surface area contributed by atoms with Gasteiger partial charge in [-0.25, -0.2) is 0 Å². The fourth-order valence-electron chi connectivity index (χ4n) is 2.13. The topological polar surface area (TPSA) is 59.6 Å². The molecule has 1 aliphatic rings. The largest absolute Gasteiger partial charge is 0.495 e. The van der Waals surface area contributed by atoms with Gasteiger partial charge < -0.3 is 20.1 Å². The molecule has 0 radical (unpaired) electrons. The summed E-state index contributed by atoms with van der Waals surface area (Å²) in [5.41, 5.74) is 0.562. The molecule has 1 heterocycles. The van der Waals surface area contributed by atoms with Crippen molar-refractivity contribution in [2.24, 2.45) is 0 Å². The number of hydrogen-bond acceptors (Lipinski definition) is 5. The molecule has 1 atom stereocenters. The number of thioether (sulfide) groups is 1. The van der Waals surface area contributed by atoms with Crippen LogP contribution in [0.25, 0.3) is 0 Å². The molecule has 0 spiro atoms. The quantitative estimate of drug-likeness (QED) is 0.838. The fraction of sp³-hybridized carbons (Fsp3) is 0.500. The molecule has 2 N–H and O–H groups in total. The monoisotopic (exact) mass is 366 g/mol. The summed E-state index contributed by atoms with van der Waals surface area (Å²) in [4.78, 5) is 12.1. The van der Waals surface area contributed by atoms with Gasteiger partial charge in [0.05, 0.1) is 24.9 Å². The second-order valence-electron chi connectivity index (χ2n) is 4.67. The van der Waals surface area contributed by atoms with Gasteiger partial charge in [0, 0.05) is 42.6 Å². The minimum absolute atomic E-state index is 0. The van der Waals surface area contributed by atoms with Crippen LogP contribution in [0.4, 0.5) is 5.69 Å². The van der Waals surface area contributed by atoms with Crippen LogP contribution in [0.5, 0.6) is 11.5 Å². The fourth-order valence-corrected chi connectivity index (χ4v) is 3.31. The second kappa shape index (κ2) is 9.35. The van der Waals surface area contributed by atoms with Gasteiger partial charge in [0.15, 0.2) is 0 Å². The molecular formula is C14H20Cl2N2O3S. The minimum Gasteiger partial charge on any atom is -0.495 e. The highest BCUT2D eigenvalue weighted by Gasteiger charge is 2.18. The summed E-state index contributed by atoms with van der Waals surface area (Å²) in [6, 6.07) is 3.51. The van der Waals surface area contributed by atoms with Crippen molar-refractivity contribution in [3.8, 4) is 11.5 Å². The molecule has 22 heavy (non-hydrogen) atoms. The van der Waals surface area contributed by atoms with E-state index in [1.807, 2.05) is 11.8 Å². The summed E-state index contributed by atoms with van der Waals surface area (Å²) in [7, 11) is 3.07. The average molecular weight is 367 g/mol. The maximum absolute atomic E-state index is 12.1. The first-order valence-corrected chi connectivity index (χ1v) is 8.19. The average Bonchev–Trinajstić information content (AvgIpc) is 2.49. The van der Waals surface area contributed by atoms with Crippen molar-refractivity contribution in [1.29, 1.82) is 0 Å². The van der Waals surface area contributed by atoms with Crippen molar-refractivity contribution in [3.63, 3.8) is 0 Å². The lowest BCUT2D eigenvalue weighted by Crippen LogP contribution is -2.39. The number of methoxy groups -OCH3 is 2. The lowest BCUT2D eigenvalue weighted by molar-refractivity contribution is -0.116. The molecule has 0 aliphatic carbocycles. The maximum atomic E-state index is 12.1. The lowest BCUT2D eigenvalue weighted by atomic mass is 10.2. The normalized spacial score (nSPS) is 17.3. The number of hydrogen-bond donors (Lipinski definition) is 2. The van der Waals surface area contributed by atoms with Crippen LogP contribution in [-0.2, 0) is 4.79 Å². The second-order valence-corrected chi connectivity index (χ2v) is 6.22. The molecule has 1 aromatic carbocycles. The summed E-state index contributed by atoms with van der Waals surface area (Å²) < 4.78 is 10.4. The van der Waals surface area contributed by atoms with Gasteiger partial charge >= 0.3 is 0 Å². The molecule has 1 fully saturated rings. The summed E-state index contributed by atoms with van der Waals surface area (Å²) in [6.07, 6.45) is 0.432. The van der Waals surface area contributed by atoms with Crippen LogP contribution in [0.3, 0.4) is 0 Å². The van der Waals surface area contributed by atoms with Crippen molar-refractivity contribution < 1.29 is 14.3 Å². The van der Waals surface area contributed by atoms with Crippen molar-refractivity contribution in [2.45, 2.75) is 12.5 Å². The van der Waals surface area contributed by atoms with Crippen LogP contribution in [0.15, 0.2) is 12.1 Å².